The lowest BCUT2D eigenvalue weighted by Gasteiger charge is -2.07. The molecule has 0 fully saturated rings. The number of carboxylic acid groups (broad SMARTS) is 1. The molecule has 0 saturated heterocycles. The summed E-state index contributed by atoms with van der Waals surface area (Å²) in [5.41, 5.74) is 1.32. The van der Waals surface area contributed by atoms with Crippen molar-refractivity contribution in [3.8, 4) is 0 Å². The second kappa shape index (κ2) is 7.06. The molecule has 0 aliphatic heterocycles. The molecule has 1 amide bonds. The molecule has 0 spiro atoms. The van der Waals surface area contributed by atoms with E-state index in [0.717, 1.165) is 0 Å². The first-order chi connectivity index (χ1) is 8.47. The topological polar surface area (TPSA) is 66.4 Å². The molecule has 0 aliphatic rings. The molecule has 0 aromatic heterocycles. The van der Waals surface area contributed by atoms with Gasteiger partial charge in [0.05, 0.1) is 12.2 Å². The maximum Gasteiger partial charge on any atom is 0.307 e. The van der Waals surface area contributed by atoms with Gasteiger partial charge in [-0.2, -0.15) is 0 Å². The fraction of sp³-hybridized carbons (Fsp3) is 0.385. The van der Waals surface area contributed by atoms with Crippen molar-refractivity contribution in [2.75, 3.05) is 11.1 Å². The Morgan fingerprint density at radius 1 is 1.39 bits per heavy atom. The standard InChI is InChI=1S/C13H17NO3S/c1-9(2)18-8-12(15)14-11-5-3-4-10(6-11)7-13(16)17/h3-6,9H,7-8H2,1-2H3,(H,14,15)(H,16,17). The van der Waals surface area contributed by atoms with Gasteiger partial charge in [-0.3, -0.25) is 9.59 Å². The predicted molar refractivity (Wildman–Crippen MR) is 74.0 cm³/mol. The van der Waals surface area contributed by atoms with Crippen molar-refractivity contribution >= 4 is 29.3 Å². The summed E-state index contributed by atoms with van der Waals surface area (Å²) in [7, 11) is 0. The second-order valence-corrected chi connectivity index (χ2v) is 5.74. The maximum atomic E-state index is 11.6. The molecule has 4 nitrogen and oxygen atoms in total. The summed E-state index contributed by atoms with van der Waals surface area (Å²) in [6.07, 6.45) is -0.0372. The van der Waals surface area contributed by atoms with E-state index in [9.17, 15) is 9.59 Å². The van der Waals surface area contributed by atoms with Crippen molar-refractivity contribution in [3.05, 3.63) is 29.8 Å². The van der Waals surface area contributed by atoms with Crippen molar-refractivity contribution in [1.82, 2.24) is 0 Å². The summed E-state index contributed by atoms with van der Waals surface area (Å²) in [5.74, 6) is -0.545. The van der Waals surface area contributed by atoms with Crippen molar-refractivity contribution < 1.29 is 14.7 Å². The van der Waals surface area contributed by atoms with Crippen LogP contribution in [-0.2, 0) is 16.0 Å². The normalized spacial score (nSPS) is 10.4. The molecule has 0 atom stereocenters. The van der Waals surface area contributed by atoms with Crippen molar-refractivity contribution in [3.63, 3.8) is 0 Å². The average Bonchev–Trinajstić information content (AvgIpc) is 2.26. The van der Waals surface area contributed by atoms with Crippen LogP contribution in [0.1, 0.15) is 19.4 Å². The van der Waals surface area contributed by atoms with Crippen LogP contribution < -0.4 is 5.32 Å². The summed E-state index contributed by atoms with van der Waals surface area (Å²) in [4.78, 5) is 22.2. The number of nitrogens with one attached hydrogen (secondary N) is 1. The van der Waals surface area contributed by atoms with E-state index < -0.39 is 5.97 Å². The summed E-state index contributed by atoms with van der Waals surface area (Å²) >= 11 is 1.57. The van der Waals surface area contributed by atoms with Gasteiger partial charge in [-0.15, -0.1) is 11.8 Å². The summed E-state index contributed by atoms with van der Waals surface area (Å²) in [6, 6.07) is 6.91. The first-order valence-corrected chi connectivity index (χ1v) is 6.74. The third-order valence-electron chi connectivity index (χ3n) is 2.11. The number of carbonyl (C=O) groups is 2. The molecule has 2 N–H and O–H groups in total. The van der Waals surface area contributed by atoms with Crippen molar-refractivity contribution in [2.45, 2.75) is 25.5 Å². The van der Waals surface area contributed by atoms with Gasteiger partial charge in [0.2, 0.25) is 5.91 Å². The number of carbonyl (C=O) groups excluding carboxylic acids is 1. The number of aliphatic carboxylic acids is 1. The van der Waals surface area contributed by atoms with Gasteiger partial charge >= 0.3 is 5.97 Å². The number of amides is 1. The Hall–Kier alpha value is -1.49. The number of benzene rings is 1. The quantitative estimate of drug-likeness (QED) is 0.830. The minimum Gasteiger partial charge on any atom is -0.481 e. The van der Waals surface area contributed by atoms with Gasteiger partial charge in [-0.25, -0.2) is 0 Å². The third-order valence-corrected chi connectivity index (χ3v) is 3.21. The molecule has 1 aromatic rings. The van der Waals surface area contributed by atoms with E-state index in [1.54, 1.807) is 36.0 Å². The van der Waals surface area contributed by atoms with Gasteiger partial charge < -0.3 is 10.4 Å². The molecule has 0 heterocycles. The lowest BCUT2D eigenvalue weighted by molar-refractivity contribution is -0.136. The maximum absolute atomic E-state index is 11.6. The Balaban J connectivity index is 2.56. The molecule has 18 heavy (non-hydrogen) atoms. The van der Waals surface area contributed by atoms with Crippen LogP contribution in [0.3, 0.4) is 0 Å². The van der Waals surface area contributed by atoms with Gasteiger partial charge in [0.25, 0.3) is 0 Å². The molecule has 0 radical (unpaired) electrons. The number of hydrogen-bond donors (Lipinski definition) is 2. The molecule has 1 rings (SSSR count). The second-order valence-electron chi connectivity index (χ2n) is 4.18. The van der Waals surface area contributed by atoms with Crippen molar-refractivity contribution in [1.29, 1.82) is 0 Å². The van der Waals surface area contributed by atoms with Crippen LogP contribution in [0.15, 0.2) is 24.3 Å². The van der Waals surface area contributed by atoms with E-state index in [1.165, 1.54) is 0 Å². The van der Waals surface area contributed by atoms with Gasteiger partial charge in [0, 0.05) is 5.69 Å². The number of thioether (sulfide) groups is 1. The highest BCUT2D eigenvalue weighted by atomic mass is 32.2. The van der Waals surface area contributed by atoms with Crippen LogP contribution >= 0.6 is 11.8 Å². The zero-order chi connectivity index (χ0) is 13.5. The van der Waals surface area contributed by atoms with Crippen LogP contribution in [0.2, 0.25) is 0 Å². The van der Waals surface area contributed by atoms with Crippen LogP contribution in [0.4, 0.5) is 5.69 Å². The average molecular weight is 267 g/mol. The molecule has 98 valence electrons. The Labute approximate surface area is 111 Å². The van der Waals surface area contributed by atoms with E-state index in [4.69, 9.17) is 5.11 Å². The summed E-state index contributed by atoms with van der Waals surface area (Å²) < 4.78 is 0. The van der Waals surface area contributed by atoms with Gasteiger partial charge in [-0.1, -0.05) is 26.0 Å². The first-order valence-electron chi connectivity index (χ1n) is 5.69. The molecule has 5 heteroatoms. The van der Waals surface area contributed by atoms with Crippen LogP contribution in [0, 0.1) is 0 Å². The van der Waals surface area contributed by atoms with Gasteiger partial charge in [0.15, 0.2) is 0 Å². The Morgan fingerprint density at radius 3 is 2.72 bits per heavy atom. The number of hydrogen-bond acceptors (Lipinski definition) is 3. The third kappa shape index (κ3) is 5.72. The largest absolute Gasteiger partial charge is 0.481 e. The Bertz CT molecular complexity index is 432. The van der Waals surface area contributed by atoms with E-state index in [0.29, 0.717) is 22.3 Å². The molecule has 0 saturated carbocycles. The monoisotopic (exact) mass is 267 g/mol. The number of anilines is 1. The highest BCUT2D eigenvalue weighted by molar-refractivity contribution is 8.00. The predicted octanol–water partition coefficient (Wildman–Crippen LogP) is 2.39. The minimum absolute atomic E-state index is 0.0372. The Kier molecular flexibility index (Phi) is 5.71. The lowest BCUT2D eigenvalue weighted by atomic mass is 10.1. The van der Waals surface area contributed by atoms with Crippen molar-refractivity contribution in [2.24, 2.45) is 0 Å². The molecule has 0 aliphatic carbocycles. The molecule has 1 aromatic carbocycles. The van der Waals surface area contributed by atoms with E-state index in [1.807, 2.05) is 13.8 Å². The first kappa shape index (κ1) is 14.6. The highest BCUT2D eigenvalue weighted by Crippen LogP contribution is 2.13. The molecular formula is C13H17NO3S. The number of rotatable bonds is 6. The minimum atomic E-state index is -0.881. The molecule has 0 bridgehead atoms. The lowest BCUT2D eigenvalue weighted by Crippen LogP contribution is -2.15. The van der Waals surface area contributed by atoms with Gasteiger partial charge in [-0.05, 0) is 22.9 Å². The zero-order valence-electron chi connectivity index (χ0n) is 10.5. The smallest absolute Gasteiger partial charge is 0.307 e. The summed E-state index contributed by atoms with van der Waals surface area (Å²) in [5, 5.41) is 11.9. The van der Waals surface area contributed by atoms with Crippen LogP contribution in [-0.4, -0.2) is 28.0 Å². The zero-order valence-corrected chi connectivity index (χ0v) is 11.3. The van der Waals surface area contributed by atoms with Gasteiger partial charge in [0.1, 0.15) is 0 Å². The summed E-state index contributed by atoms with van der Waals surface area (Å²) in [6.45, 7) is 4.07. The van der Waals surface area contributed by atoms with E-state index >= 15 is 0 Å². The SMILES string of the molecule is CC(C)SCC(=O)Nc1cccc(CC(=O)O)c1. The fourth-order valence-electron chi connectivity index (χ4n) is 1.37. The highest BCUT2D eigenvalue weighted by Gasteiger charge is 2.06. The van der Waals surface area contributed by atoms with Crippen LogP contribution in [0.25, 0.3) is 0 Å². The molecule has 0 unspecified atom stereocenters. The van der Waals surface area contributed by atoms with E-state index in [2.05, 4.69) is 5.32 Å². The molecular weight excluding hydrogens is 250 g/mol. The number of carboxylic acids is 1. The fourth-order valence-corrected chi connectivity index (χ4v) is 1.93. The van der Waals surface area contributed by atoms with E-state index in [-0.39, 0.29) is 12.3 Å². The van der Waals surface area contributed by atoms with Crippen LogP contribution in [0.5, 0.6) is 0 Å². The Morgan fingerprint density at radius 2 is 2.11 bits per heavy atom.